The molecule has 0 aliphatic heterocycles. The van der Waals surface area contributed by atoms with Gasteiger partial charge in [0.25, 0.3) is 0 Å². The van der Waals surface area contributed by atoms with Gasteiger partial charge in [-0.1, -0.05) is 103 Å². The molecule has 0 saturated carbocycles. The summed E-state index contributed by atoms with van der Waals surface area (Å²) >= 11 is 0. The van der Waals surface area contributed by atoms with Gasteiger partial charge in [0.2, 0.25) is 0 Å². The zero-order valence-corrected chi connectivity index (χ0v) is 19.5. The quantitative estimate of drug-likeness (QED) is 0.173. The van der Waals surface area contributed by atoms with E-state index in [1.54, 1.807) is 20.8 Å². The molecule has 0 heterocycles. The Bertz CT molecular complexity index is 366. The first-order valence-corrected chi connectivity index (χ1v) is 12.9. The van der Waals surface area contributed by atoms with Gasteiger partial charge in [0.05, 0.1) is 12.2 Å². The lowest BCUT2D eigenvalue weighted by Gasteiger charge is -2.22. The van der Waals surface area contributed by atoms with Crippen molar-refractivity contribution < 1.29 is 18.5 Å². The van der Waals surface area contributed by atoms with Crippen LogP contribution in [0.5, 0.6) is 0 Å². The molecule has 0 aromatic carbocycles. The minimum atomic E-state index is -3.90. The number of unbranched alkanes of at least 4 members (excludes halogenated alkanes) is 15. The highest BCUT2D eigenvalue weighted by Crippen LogP contribution is 2.47. The van der Waals surface area contributed by atoms with Gasteiger partial charge in [-0.05, 0) is 27.2 Å². The van der Waals surface area contributed by atoms with Crippen LogP contribution in [-0.4, -0.2) is 17.1 Å². The van der Waals surface area contributed by atoms with Crippen molar-refractivity contribution in [2.75, 3.05) is 6.61 Å². The third-order valence-corrected chi connectivity index (χ3v) is 5.93. The van der Waals surface area contributed by atoms with Gasteiger partial charge in [0.1, 0.15) is 0 Å². The number of hydrogen-bond acceptors (Lipinski definition) is 3. The molecule has 1 unspecified atom stereocenters. The molecule has 1 atom stereocenters. The molecule has 5 heteroatoms. The van der Waals surface area contributed by atoms with E-state index in [2.05, 4.69) is 6.92 Å². The molecule has 0 aliphatic rings. The van der Waals surface area contributed by atoms with Gasteiger partial charge >= 0.3 is 7.82 Å². The smallest absolute Gasteiger partial charge is 0.302 e. The Hall–Kier alpha value is 0.110. The molecular formula is C22H47O4P. The van der Waals surface area contributed by atoms with Crippen LogP contribution in [0.3, 0.4) is 0 Å². The van der Waals surface area contributed by atoms with E-state index in [-0.39, 0.29) is 0 Å². The Balaban J connectivity index is 3.24. The monoisotopic (exact) mass is 406 g/mol. The van der Waals surface area contributed by atoms with Crippen LogP contribution < -0.4 is 0 Å². The molecule has 0 spiro atoms. The van der Waals surface area contributed by atoms with E-state index in [4.69, 9.17) is 9.05 Å². The van der Waals surface area contributed by atoms with Crippen LogP contribution in [0.4, 0.5) is 0 Å². The van der Waals surface area contributed by atoms with E-state index in [0.717, 1.165) is 12.8 Å². The predicted molar refractivity (Wildman–Crippen MR) is 116 cm³/mol. The van der Waals surface area contributed by atoms with Gasteiger partial charge in [0.15, 0.2) is 0 Å². The van der Waals surface area contributed by atoms with Crippen LogP contribution in [0, 0.1) is 0 Å². The molecule has 0 radical (unpaired) electrons. The molecule has 0 aliphatic carbocycles. The zero-order valence-electron chi connectivity index (χ0n) is 18.6. The maximum atomic E-state index is 11.7. The number of phosphoric ester groups is 1. The van der Waals surface area contributed by atoms with Crippen molar-refractivity contribution in [2.45, 2.75) is 136 Å². The van der Waals surface area contributed by atoms with E-state index >= 15 is 0 Å². The lowest BCUT2D eigenvalue weighted by molar-refractivity contribution is 0.0611. The van der Waals surface area contributed by atoms with Gasteiger partial charge in [-0.2, -0.15) is 0 Å². The minimum absolute atomic E-state index is 0.294. The molecule has 0 bridgehead atoms. The highest BCUT2D eigenvalue weighted by Gasteiger charge is 2.28. The molecule has 27 heavy (non-hydrogen) atoms. The van der Waals surface area contributed by atoms with Crippen LogP contribution in [-0.2, 0) is 13.6 Å². The van der Waals surface area contributed by atoms with Crippen LogP contribution in [0.2, 0.25) is 0 Å². The molecule has 0 saturated heterocycles. The average Bonchev–Trinajstić information content (AvgIpc) is 2.55. The molecule has 0 amide bonds. The summed E-state index contributed by atoms with van der Waals surface area (Å²) in [5, 5.41) is 0. The highest BCUT2D eigenvalue weighted by molar-refractivity contribution is 7.47. The van der Waals surface area contributed by atoms with Gasteiger partial charge in [-0.25, -0.2) is 4.57 Å². The molecule has 0 aromatic rings. The zero-order chi connectivity index (χ0) is 20.4. The van der Waals surface area contributed by atoms with E-state index in [1.807, 2.05) is 0 Å². The molecule has 1 N–H and O–H groups in total. The fraction of sp³-hybridized carbons (Fsp3) is 1.00. The van der Waals surface area contributed by atoms with Crippen molar-refractivity contribution in [3.8, 4) is 0 Å². The average molecular weight is 407 g/mol. The lowest BCUT2D eigenvalue weighted by atomic mass is 10.0. The van der Waals surface area contributed by atoms with Crippen molar-refractivity contribution in [3.05, 3.63) is 0 Å². The maximum Gasteiger partial charge on any atom is 0.472 e. The van der Waals surface area contributed by atoms with Gasteiger partial charge in [-0.3, -0.25) is 9.05 Å². The first-order chi connectivity index (χ1) is 12.8. The summed E-state index contributed by atoms with van der Waals surface area (Å²) in [6, 6.07) is 0. The fourth-order valence-electron chi connectivity index (χ4n) is 3.20. The largest absolute Gasteiger partial charge is 0.472 e. The van der Waals surface area contributed by atoms with Crippen molar-refractivity contribution in [3.63, 3.8) is 0 Å². The van der Waals surface area contributed by atoms with Crippen molar-refractivity contribution >= 4 is 7.82 Å². The summed E-state index contributed by atoms with van der Waals surface area (Å²) < 4.78 is 21.8. The number of hydrogen-bond donors (Lipinski definition) is 1. The van der Waals surface area contributed by atoms with Crippen LogP contribution in [0.25, 0.3) is 0 Å². The van der Waals surface area contributed by atoms with Crippen LogP contribution >= 0.6 is 7.82 Å². The summed E-state index contributed by atoms with van der Waals surface area (Å²) in [6.07, 6.45) is 21.0. The second kappa shape index (κ2) is 17.0. The van der Waals surface area contributed by atoms with Crippen molar-refractivity contribution in [1.82, 2.24) is 0 Å². The first kappa shape index (κ1) is 27.1. The Kier molecular flexibility index (Phi) is 17.1. The van der Waals surface area contributed by atoms with E-state index in [1.165, 1.54) is 89.9 Å². The fourth-order valence-corrected chi connectivity index (χ4v) is 4.31. The van der Waals surface area contributed by atoms with Crippen molar-refractivity contribution in [2.24, 2.45) is 0 Å². The summed E-state index contributed by atoms with van der Waals surface area (Å²) in [4.78, 5) is 9.59. The maximum absolute atomic E-state index is 11.7. The molecule has 0 fully saturated rings. The Morgan fingerprint density at radius 1 is 0.667 bits per heavy atom. The van der Waals surface area contributed by atoms with E-state index in [0.29, 0.717) is 6.61 Å². The standard InChI is InChI=1S/C22H47O4P/c1-5-6-7-8-9-10-11-12-13-14-15-16-17-18-19-20-21-25-27(23,24)26-22(2,3)4/h5-21H2,1-4H3,(H,23,24). The summed E-state index contributed by atoms with van der Waals surface area (Å²) in [5.74, 6) is 0. The molecule has 4 nitrogen and oxygen atoms in total. The van der Waals surface area contributed by atoms with E-state index in [9.17, 15) is 9.46 Å². The van der Waals surface area contributed by atoms with Crippen molar-refractivity contribution in [1.29, 1.82) is 0 Å². The van der Waals surface area contributed by atoms with Gasteiger partial charge < -0.3 is 4.89 Å². The summed E-state index contributed by atoms with van der Waals surface area (Å²) in [6.45, 7) is 7.80. The SMILES string of the molecule is CCCCCCCCCCCCCCCCCCOP(=O)(O)OC(C)(C)C. The second-order valence-corrected chi connectivity index (χ2v) is 10.2. The summed E-state index contributed by atoms with van der Waals surface area (Å²) in [7, 11) is -3.90. The topological polar surface area (TPSA) is 55.8 Å². The summed E-state index contributed by atoms with van der Waals surface area (Å²) in [5.41, 5.74) is -0.668. The third kappa shape index (κ3) is 22.3. The Morgan fingerprint density at radius 3 is 1.33 bits per heavy atom. The lowest BCUT2D eigenvalue weighted by Crippen LogP contribution is -2.18. The van der Waals surface area contributed by atoms with Crippen LogP contribution in [0.15, 0.2) is 0 Å². The Labute approximate surface area is 169 Å². The predicted octanol–water partition coefficient (Wildman–Crippen LogP) is 8.18. The van der Waals surface area contributed by atoms with Crippen LogP contribution in [0.1, 0.15) is 130 Å². The molecular weight excluding hydrogens is 359 g/mol. The third-order valence-electron chi connectivity index (χ3n) is 4.64. The first-order valence-electron chi connectivity index (χ1n) is 11.4. The number of phosphoric acid groups is 1. The molecule has 164 valence electrons. The van der Waals surface area contributed by atoms with Gasteiger partial charge in [-0.15, -0.1) is 0 Å². The Morgan fingerprint density at radius 2 is 1.00 bits per heavy atom. The molecule has 0 aromatic heterocycles. The van der Waals surface area contributed by atoms with Gasteiger partial charge in [0, 0.05) is 0 Å². The highest BCUT2D eigenvalue weighted by atomic mass is 31.2. The van der Waals surface area contributed by atoms with E-state index < -0.39 is 13.4 Å². The number of rotatable bonds is 19. The normalized spacial score (nSPS) is 14.4. The molecule has 0 rings (SSSR count). The minimum Gasteiger partial charge on any atom is -0.302 e. The second-order valence-electron chi connectivity index (χ2n) is 8.81.